The Morgan fingerprint density at radius 3 is 2.64 bits per heavy atom. The molecule has 0 spiro atoms. The Labute approximate surface area is 86.4 Å². The minimum Gasteiger partial charge on any atom is -0.329 e. The molecule has 0 aromatic heterocycles. The summed E-state index contributed by atoms with van der Waals surface area (Å²) in [5, 5.41) is 0. The molecule has 0 bridgehead atoms. The van der Waals surface area contributed by atoms with Crippen LogP contribution in [-0.2, 0) is 9.84 Å². The van der Waals surface area contributed by atoms with Crippen molar-refractivity contribution in [3.8, 4) is 0 Å². The summed E-state index contributed by atoms with van der Waals surface area (Å²) in [5.41, 5.74) is 5.42. The maximum Gasteiger partial charge on any atom is 0.150 e. The van der Waals surface area contributed by atoms with E-state index in [4.69, 9.17) is 5.73 Å². The Kier molecular flexibility index (Phi) is 4.34. The first-order chi connectivity index (χ1) is 6.53. The van der Waals surface area contributed by atoms with Crippen LogP contribution in [0.2, 0.25) is 0 Å². The second-order valence-corrected chi connectivity index (χ2v) is 6.38. The maximum absolute atomic E-state index is 11.2. The van der Waals surface area contributed by atoms with Crippen LogP contribution in [0, 0.1) is 5.92 Å². The van der Waals surface area contributed by atoms with Crippen LogP contribution in [0.4, 0.5) is 0 Å². The highest BCUT2D eigenvalue weighted by Gasteiger charge is 2.27. The molecule has 0 aromatic carbocycles. The third kappa shape index (κ3) is 3.94. The lowest BCUT2D eigenvalue weighted by Crippen LogP contribution is -2.27. The molecule has 1 atom stereocenters. The summed E-state index contributed by atoms with van der Waals surface area (Å²) in [4.78, 5) is 2.16. The van der Waals surface area contributed by atoms with Crippen LogP contribution in [-0.4, -0.2) is 51.5 Å². The number of sulfone groups is 1. The number of rotatable bonds is 5. The Bertz CT molecular complexity index is 264. The van der Waals surface area contributed by atoms with Crippen molar-refractivity contribution in [1.82, 2.24) is 4.90 Å². The monoisotopic (exact) mass is 220 g/mol. The molecule has 14 heavy (non-hydrogen) atoms. The van der Waals surface area contributed by atoms with E-state index in [0.29, 0.717) is 24.0 Å². The molecule has 1 heterocycles. The van der Waals surface area contributed by atoms with Gasteiger partial charge in [0.25, 0.3) is 0 Å². The minimum atomic E-state index is -2.70. The predicted molar refractivity (Wildman–Crippen MR) is 57.9 cm³/mol. The lowest BCUT2D eigenvalue weighted by Gasteiger charge is -2.17. The zero-order valence-electron chi connectivity index (χ0n) is 8.78. The molecular formula is C9H20N2O2S. The molecule has 1 fully saturated rings. The number of nitrogens with two attached hydrogens (primary N) is 1. The van der Waals surface area contributed by atoms with E-state index < -0.39 is 9.84 Å². The Morgan fingerprint density at radius 1 is 1.43 bits per heavy atom. The van der Waals surface area contributed by atoms with Gasteiger partial charge in [-0.05, 0) is 32.4 Å². The molecule has 0 aromatic rings. The maximum atomic E-state index is 11.2. The fourth-order valence-electron chi connectivity index (χ4n) is 1.83. The molecule has 1 aliphatic heterocycles. The van der Waals surface area contributed by atoms with Crippen molar-refractivity contribution in [3.05, 3.63) is 0 Å². The van der Waals surface area contributed by atoms with Gasteiger partial charge in [-0.25, -0.2) is 8.42 Å². The van der Waals surface area contributed by atoms with E-state index in [1.807, 2.05) is 7.05 Å². The first-order valence-corrected chi connectivity index (χ1v) is 6.94. The van der Waals surface area contributed by atoms with E-state index in [2.05, 4.69) is 4.90 Å². The number of likely N-dealkylation sites (N-methyl/N-ethyl adjacent to an activating group) is 1. The van der Waals surface area contributed by atoms with Crippen LogP contribution >= 0.6 is 0 Å². The molecule has 5 heteroatoms. The van der Waals surface area contributed by atoms with E-state index in [1.165, 1.54) is 0 Å². The van der Waals surface area contributed by atoms with Crippen molar-refractivity contribution < 1.29 is 8.42 Å². The van der Waals surface area contributed by atoms with Crippen molar-refractivity contribution in [2.45, 2.75) is 12.8 Å². The van der Waals surface area contributed by atoms with Gasteiger partial charge in [-0.1, -0.05) is 0 Å². The Hall–Kier alpha value is -0.130. The van der Waals surface area contributed by atoms with Gasteiger partial charge in [0.2, 0.25) is 0 Å². The Balaban J connectivity index is 2.20. The van der Waals surface area contributed by atoms with Crippen LogP contribution in [0.25, 0.3) is 0 Å². The van der Waals surface area contributed by atoms with E-state index in [9.17, 15) is 8.42 Å². The van der Waals surface area contributed by atoms with Gasteiger partial charge in [0.05, 0.1) is 11.5 Å². The fourth-order valence-corrected chi connectivity index (χ4v) is 3.75. The summed E-state index contributed by atoms with van der Waals surface area (Å²) >= 11 is 0. The van der Waals surface area contributed by atoms with Gasteiger partial charge in [0.15, 0.2) is 9.84 Å². The van der Waals surface area contributed by atoms with Gasteiger partial charge >= 0.3 is 0 Å². The van der Waals surface area contributed by atoms with Gasteiger partial charge in [0.1, 0.15) is 0 Å². The van der Waals surface area contributed by atoms with Gasteiger partial charge in [-0.15, -0.1) is 0 Å². The van der Waals surface area contributed by atoms with Crippen molar-refractivity contribution in [1.29, 1.82) is 0 Å². The second-order valence-electron chi connectivity index (χ2n) is 4.15. The molecule has 0 aliphatic carbocycles. The number of hydrogen-bond donors (Lipinski definition) is 1. The van der Waals surface area contributed by atoms with Gasteiger partial charge < -0.3 is 10.6 Å². The molecule has 1 aliphatic rings. The van der Waals surface area contributed by atoms with E-state index in [1.54, 1.807) is 0 Å². The Morgan fingerprint density at radius 2 is 2.14 bits per heavy atom. The first-order valence-electron chi connectivity index (χ1n) is 5.12. The summed E-state index contributed by atoms with van der Waals surface area (Å²) in [7, 11) is -0.675. The SMILES string of the molecule is CN(CCN)CCC1CCS(=O)(=O)C1. The number of hydrogen-bond acceptors (Lipinski definition) is 4. The zero-order valence-corrected chi connectivity index (χ0v) is 9.59. The topological polar surface area (TPSA) is 63.4 Å². The summed E-state index contributed by atoms with van der Waals surface area (Å²) in [6.07, 6.45) is 1.83. The summed E-state index contributed by atoms with van der Waals surface area (Å²) in [5.74, 6) is 1.15. The zero-order chi connectivity index (χ0) is 10.6. The molecule has 4 nitrogen and oxygen atoms in total. The highest BCUT2D eigenvalue weighted by atomic mass is 32.2. The van der Waals surface area contributed by atoms with Crippen molar-refractivity contribution in [3.63, 3.8) is 0 Å². The van der Waals surface area contributed by atoms with Crippen LogP contribution in [0.3, 0.4) is 0 Å². The van der Waals surface area contributed by atoms with Crippen molar-refractivity contribution in [2.24, 2.45) is 11.7 Å². The molecule has 0 saturated carbocycles. The number of nitrogens with zero attached hydrogens (tertiary/aromatic N) is 1. The highest BCUT2D eigenvalue weighted by molar-refractivity contribution is 7.91. The highest BCUT2D eigenvalue weighted by Crippen LogP contribution is 2.21. The molecular weight excluding hydrogens is 200 g/mol. The van der Waals surface area contributed by atoms with Crippen LogP contribution in [0.15, 0.2) is 0 Å². The van der Waals surface area contributed by atoms with E-state index in [-0.39, 0.29) is 0 Å². The molecule has 1 rings (SSSR count). The van der Waals surface area contributed by atoms with Gasteiger partial charge in [-0.3, -0.25) is 0 Å². The molecule has 0 amide bonds. The molecule has 1 saturated heterocycles. The molecule has 1 unspecified atom stereocenters. The summed E-state index contributed by atoms with van der Waals surface area (Å²) in [6, 6.07) is 0. The third-order valence-corrected chi connectivity index (χ3v) is 4.59. The fraction of sp³-hybridized carbons (Fsp3) is 1.00. The summed E-state index contributed by atoms with van der Waals surface area (Å²) < 4.78 is 22.4. The minimum absolute atomic E-state index is 0.375. The van der Waals surface area contributed by atoms with Crippen LogP contribution in [0.5, 0.6) is 0 Å². The normalized spacial score (nSPS) is 25.8. The second kappa shape index (κ2) is 5.09. The molecule has 0 radical (unpaired) electrons. The van der Waals surface area contributed by atoms with Crippen molar-refractivity contribution >= 4 is 9.84 Å². The van der Waals surface area contributed by atoms with Gasteiger partial charge in [-0.2, -0.15) is 0 Å². The first kappa shape index (κ1) is 11.9. The van der Waals surface area contributed by atoms with Crippen LogP contribution in [0.1, 0.15) is 12.8 Å². The van der Waals surface area contributed by atoms with Gasteiger partial charge in [0, 0.05) is 13.1 Å². The van der Waals surface area contributed by atoms with Crippen LogP contribution < -0.4 is 5.73 Å². The van der Waals surface area contributed by atoms with E-state index >= 15 is 0 Å². The third-order valence-electron chi connectivity index (χ3n) is 2.76. The van der Waals surface area contributed by atoms with Crippen molar-refractivity contribution in [2.75, 3.05) is 38.2 Å². The standard InChI is InChI=1S/C9H20N2O2S/c1-11(6-4-10)5-2-9-3-7-14(12,13)8-9/h9H,2-8,10H2,1H3. The van der Waals surface area contributed by atoms with E-state index in [0.717, 1.165) is 25.9 Å². The smallest absolute Gasteiger partial charge is 0.150 e. The molecule has 2 N–H and O–H groups in total. The molecule has 84 valence electrons. The largest absolute Gasteiger partial charge is 0.329 e. The average Bonchev–Trinajstić information content (AvgIpc) is 2.43. The predicted octanol–water partition coefficient (Wildman–Crippen LogP) is -0.298. The summed E-state index contributed by atoms with van der Waals surface area (Å²) in [6.45, 7) is 2.51. The lowest BCUT2D eigenvalue weighted by atomic mass is 10.1. The average molecular weight is 220 g/mol. The quantitative estimate of drug-likeness (QED) is 0.691. The lowest BCUT2D eigenvalue weighted by molar-refractivity contribution is 0.314.